The van der Waals surface area contributed by atoms with Gasteiger partial charge in [0, 0.05) is 6.04 Å². The fourth-order valence-electron chi connectivity index (χ4n) is 5.21. The lowest BCUT2D eigenvalue weighted by atomic mass is 9.81. The Morgan fingerprint density at radius 2 is 1.78 bits per heavy atom. The molecule has 174 valence electrons. The van der Waals surface area contributed by atoms with Gasteiger partial charge in [-0.2, -0.15) is 0 Å². The molecule has 1 fully saturated rings. The molecule has 0 saturated carbocycles. The first-order chi connectivity index (χ1) is 15.6. The summed E-state index contributed by atoms with van der Waals surface area (Å²) in [5, 5.41) is 14.1. The summed E-state index contributed by atoms with van der Waals surface area (Å²) in [6.45, 7) is 4.15. The van der Waals surface area contributed by atoms with E-state index in [0.717, 1.165) is 68.9 Å². The van der Waals surface area contributed by atoms with Gasteiger partial charge < -0.3 is 24.8 Å². The summed E-state index contributed by atoms with van der Waals surface area (Å²) in [7, 11) is 3.39. The fourth-order valence-corrected chi connectivity index (χ4v) is 5.21. The zero-order chi connectivity index (χ0) is 22.5. The zero-order valence-corrected chi connectivity index (χ0v) is 19.1. The van der Waals surface area contributed by atoms with Crippen LogP contribution in [0.15, 0.2) is 36.4 Å². The number of nitrogens with zero attached hydrogens (tertiary/aromatic N) is 1. The Labute approximate surface area is 190 Å². The van der Waals surface area contributed by atoms with Crippen LogP contribution in [0.4, 0.5) is 4.39 Å². The Kier molecular flexibility index (Phi) is 7.66. The highest BCUT2D eigenvalue weighted by Gasteiger charge is 2.31. The molecule has 0 radical (unpaired) electrons. The molecule has 32 heavy (non-hydrogen) atoms. The number of hydrogen-bond donors (Lipinski definition) is 2. The van der Waals surface area contributed by atoms with Crippen LogP contribution >= 0.6 is 0 Å². The van der Waals surface area contributed by atoms with Crippen molar-refractivity contribution < 1.29 is 19.0 Å². The molecule has 2 unspecified atom stereocenters. The summed E-state index contributed by atoms with van der Waals surface area (Å²) in [6.07, 6.45) is 4.44. The lowest BCUT2D eigenvalue weighted by molar-refractivity contribution is 0.132. The van der Waals surface area contributed by atoms with Crippen LogP contribution in [0.1, 0.15) is 54.5 Å². The summed E-state index contributed by atoms with van der Waals surface area (Å²) in [4.78, 5) is 2.51. The maximum absolute atomic E-state index is 13.1. The Morgan fingerprint density at radius 1 is 1.09 bits per heavy atom. The van der Waals surface area contributed by atoms with E-state index in [1.807, 2.05) is 0 Å². The van der Waals surface area contributed by atoms with Crippen molar-refractivity contribution >= 4 is 0 Å². The van der Waals surface area contributed by atoms with Crippen molar-refractivity contribution in [3.8, 4) is 11.5 Å². The van der Waals surface area contributed by atoms with E-state index in [0.29, 0.717) is 18.4 Å². The SMILES string of the molecule is COc1cc2c(cc1OC)C(C1CCN(CCCC(O)c3ccc(F)cc3)CC1)NCC2. The number of fused-ring (bicyclic) bond motifs is 1. The van der Waals surface area contributed by atoms with Crippen LogP contribution in [0.3, 0.4) is 0 Å². The van der Waals surface area contributed by atoms with E-state index in [1.165, 1.54) is 23.3 Å². The molecular formula is C26H35FN2O3. The zero-order valence-electron chi connectivity index (χ0n) is 19.1. The highest BCUT2D eigenvalue weighted by atomic mass is 19.1. The Balaban J connectivity index is 1.28. The van der Waals surface area contributed by atoms with Crippen molar-refractivity contribution in [2.45, 2.75) is 44.2 Å². The number of likely N-dealkylation sites (tertiary alicyclic amines) is 1. The summed E-state index contributed by atoms with van der Waals surface area (Å²) in [5.74, 6) is 1.95. The van der Waals surface area contributed by atoms with Crippen LogP contribution in [0.2, 0.25) is 0 Å². The Morgan fingerprint density at radius 3 is 2.47 bits per heavy atom. The normalized spacial score (nSPS) is 20.6. The van der Waals surface area contributed by atoms with Crippen molar-refractivity contribution in [1.29, 1.82) is 0 Å². The maximum Gasteiger partial charge on any atom is 0.161 e. The van der Waals surface area contributed by atoms with Gasteiger partial charge in [-0.3, -0.25) is 0 Å². The minimum atomic E-state index is -0.525. The first kappa shape index (κ1) is 23.0. The first-order valence-corrected chi connectivity index (χ1v) is 11.7. The number of halogens is 1. The number of hydrogen-bond acceptors (Lipinski definition) is 5. The molecular weight excluding hydrogens is 407 g/mol. The van der Waals surface area contributed by atoms with Gasteiger partial charge >= 0.3 is 0 Å². The van der Waals surface area contributed by atoms with E-state index < -0.39 is 6.10 Å². The summed E-state index contributed by atoms with van der Waals surface area (Å²) in [6, 6.07) is 10.8. The van der Waals surface area contributed by atoms with Gasteiger partial charge in [0.05, 0.1) is 20.3 Å². The molecule has 0 aromatic heterocycles. The number of aliphatic hydroxyl groups excluding tert-OH is 1. The molecule has 2 atom stereocenters. The van der Waals surface area contributed by atoms with Crippen LogP contribution in [0.25, 0.3) is 0 Å². The Bertz CT molecular complexity index is 881. The van der Waals surface area contributed by atoms with Crippen LogP contribution in [-0.2, 0) is 6.42 Å². The molecule has 0 aliphatic carbocycles. The quantitative estimate of drug-likeness (QED) is 0.640. The minimum absolute atomic E-state index is 0.267. The topological polar surface area (TPSA) is 54.0 Å². The van der Waals surface area contributed by atoms with Gasteiger partial charge in [0.15, 0.2) is 11.5 Å². The standard InChI is InChI=1S/C26H35FN2O3/c1-31-24-16-20-9-12-28-26(22(20)17-25(24)32-2)19-10-14-29(15-11-19)13-3-4-23(30)18-5-7-21(27)8-6-18/h5-8,16-17,19,23,26,28,30H,3-4,9-15H2,1-2H3. The second-order valence-electron chi connectivity index (χ2n) is 8.98. The van der Waals surface area contributed by atoms with E-state index in [-0.39, 0.29) is 5.82 Å². The third-order valence-corrected chi connectivity index (χ3v) is 7.05. The van der Waals surface area contributed by atoms with Crippen LogP contribution in [-0.4, -0.2) is 50.4 Å². The van der Waals surface area contributed by atoms with Crippen molar-refractivity contribution in [1.82, 2.24) is 10.2 Å². The van der Waals surface area contributed by atoms with Crippen molar-refractivity contribution in [2.75, 3.05) is 40.4 Å². The van der Waals surface area contributed by atoms with E-state index in [1.54, 1.807) is 26.4 Å². The van der Waals surface area contributed by atoms with E-state index in [9.17, 15) is 9.50 Å². The highest BCUT2D eigenvalue weighted by molar-refractivity contribution is 5.49. The maximum atomic E-state index is 13.1. The van der Waals surface area contributed by atoms with Gasteiger partial charge in [-0.05, 0) is 105 Å². The molecule has 2 aromatic carbocycles. The first-order valence-electron chi connectivity index (χ1n) is 11.7. The largest absolute Gasteiger partial charge is 0.493 e. The molecule has 4 rings (SSSR count). The summed E-state index contributed by atoms with van der Waals surface area (Å²) < 4.78 is 24.1. The number of nitrogens with one attached hydrogen (secondary N) is 1. The number of ether oxygens (including phenoxy) is 2. The minimum Gasteiger partial charge on any atom is -0.493 e. The third-order valence-electron chi connectivity index (χ3n) is 7.05. The second kappa shape index (κ2) is 10.6. The van der Waals surface area contributed by atoms with Crippen molar-refractivity contribution in [3.63, 3.8) is 0 Å². The number of methoxy groups -OCH3 is 2. The summed E-state index contributed by atoms with van der Waals surface area (Å²) >= 11 is 0. The van der Waals surface area contributed by atoms with Gasteiger partial charge in [-0.15, -0.1) is 0 Å². The van der Waals surface area contributed by atoms with Crippen LogP contribution in [0.5, 0.6) is 11.5 Å². The second-order valence-corrected chi connectivity index (χ2v) is 8.98. The van der Waals surface area contributed by atoms with Crippen LogP contribution < -0.4 is 14.8 Å². The van der Waals surface area contributed by atoms with E-state index >= 15 is 0 Å². The molecule has 2 aliphatic rings. The molecule has 0 spiro atoms. The number of rotatable bonds is 8. The molecule has 0 bridgehead atoms. The molecule has 5 nitrogen and oxygen atoms in total. The molecule has 2 aromatic rings. The average molecular weight is 443 g/mol. The molecule has 6 heteroatoms. The third kappa shape index (κ3) is 5.25. The molecule has 0 amide bonds. The van der Waals surface area contributed by atoms with Crippen molar-refractivity contribution in [2.24, 2.45) is 5.92 Å². The number of benzene rings is 2. The van der Waals surface area contributed by atoms with Gasteiger partial charge in [-0.25, -0.2) is 4.39 Å². The molecule has 2 aliphatic heterocycles. The predicted octanol–water partition coefficient (Wildman–Crippen LogP) is 4.26. The molecule has 1 saturated heterocycles. The molecule has 2 N–H and O–H groups in total. The lowest BCUT2D eigenvalue weighted by Crippen LogP contribution is -2.41. The van der Waals surface area contributed by atoms with Crippen LogP contribution in [0, 0.1) is 11.7 Å². The average Bonchev–Trinajstić information content (AvgIpc) is 2.83. The number of aliphatic hydroxyl groups is 1. The van der Waals surface area contributed by atoms with Crippen molar-refractivity contribution in [3.05, 3.63) is 58.9 Å². The predicted molar refractivity (Wildman–Crippen MR) is 124 cm³/mol. The highest BCUT2D eigenvalue weighted by Crippen LogP contribution is 2.40. The number of piperidine rings is 1. The van der Waals surface area contributed by atoms with Gasteiger partial charge in [0.1, 0.15) is 5.82 Å². The van der Waals surface area contributed by atoms with E-state index in [2.05, 4.69) is 22.3 Å². The smallest absolute Gasteiger partial charge is 0.161 e. The van der Waals surface area contributed by atoms with Gasteiger partial charge in [-0.1, -0.05) is 12.1 Å². The summed E-state index contributed by atoms with van der Waals surface area (Å²) in [5.41, 5.74) is 3.51. The Hall–Kier alpha value is -2.15. The lowest BCUT2D eigenvalue weighted by Gasteiger charge is -2.39. The fraction of sp³-hybridized carbons (Fsp3) is 0.538. The monoisotopic (exact) mass is 442 g/mol. The molecule has 2 heterocycles. The van der Waals surface area contributed by atoms with Gasteiger partial charge in [0.2, 0.25) is 0 Å². The van der Waals surface area contributed by atoms with E-state index in [4.69, 9.17) is 9.47 Å². The van der Waals surface area contributed by atoms with Gasteiger partial charge in [0.25, 0.3) is 0 Å².